The van der Waals surface area contributed by atoms with Crippen molar-refractivity contribution < 1.29 is 67.6 Å². The van der Waals surface area contributed by atoms with Crippen LogP contribution in [0.15, 0.2) is 12.2 Å². The first kappa shape index (κ1) is 22.7. The molecule has 0 radical (unpaired) electrons. The van der Waals surface area contributed by atoms with Crippen molar-refractivity contribution in [3.05, 3.63) is 12.2 Å². The summed E-state index contributed by atoms with van der Waals surface area (Å²) < 4.78 is 28.6. The molecule has 0 spiro atoms. The quantitative estimate of drug-likeness (QED) is 0.333. The molecule has 0 bridgehead atoms. The van der Waals surface area contributed by atoms with Crippen molar-refractivity contribution in [2.45, 2.75) is 38.5 Å². The van der Waals surface area contributed by atoms with Crippen LogP contribution in [0.5, 0.6) is 0 Å². The Labute approximate surface area is 185 Å². The van der Waals surface area contributed by atoms with E-state index in [-0.39, 0.29) is 72.4 Å². The Morgan fingerprint density at radius 3 is 2.00 bits per heavy atom. The fourth-order valence-corrected chi connectivity index (χ4v) is 4.56. The van der Waals surface area contributed by atoms with Gasteiger partial charge in [-0.05, 0) is 31.6 Å². The van der Waals surface area contributed by atoms with Crippen molar-refractivity contribution in [2.24, 2.45) is 11.8 Å². The van der Waals surface area contributed by atoms with Gasteiger partial charge in [0.25, 0.3) is 11.8 Å². The molecule has 2 heterocycles. The molecule has 10 nitrogen and oxygen atoms in total. The summed E-state index contributed by atoms with van der Waals surface area (Å²) in [7, 11) is -4.77. The van der Waals surface area contributed by atoms with Crippen LogP contribution in [0.4, 0.5) is 0 Å². The average Bonchev–Trinajstić information content (AvgIpc) is 3.11. The first-order valence-electron chi connectivity index (χ1n) is 8.57. The Bertz CT molecular complexity index is 817. The summed E-state index contributed by atoms with van der Waals surface area (Å²) >= 11 is 0. The SMILES string of the molecule is O=C(OS(=O)(=O)N1C(=O)CCC1=O)C1CCC(CN2C(=O)C=CC2=O)CC1.[H-].[Na+]. The minimum absolute atomic E-state index is 0. The normalized spacial score (nSPS) is 25.3. The topological polar surface area (TPSA) is 135 Å². The molecule has 2 aliphatic heterocycles. The Hall–Kier alpha value is -1.56. The second-order valence-electron chi connectivity index (χ2n) is 6.75. The fourth-order valence-electron chi connectivity index (χ4n) is 3.46. The summed E-state index contributed by atoms with van der Waals surface area (Å²) in [6.45, 7) is 0.252. The predicted octanol–water partition coefficient (Wildman–Crippen LogP) is -3.23. The van der Waals surface area contributed by atoms with Crippen molar-refractivity contribution >= 4 is 39.9 Å². The molecule has 1 saturated carbocycles. The first-order valence-corrected chi connectivity index (χ1v) is 9.93. The van der Waals surface area contributed by atoms with Gasteiger partial charge in [-0.15, -0.1) is 4.31 Å². The number of nitrogens with zero attached hydrogens (tertiary/aromatic N) is 2. The molecule has 0 aromatic rings. The second kappa shape index (κ2) is 8.85. The van der Waals surface area contributed by atoms with Gasteiger partial charge in [0.05, 0.1) is 5.92 Å². The smallest absolute Gasteiger partial charge is 1.00 e. The Morgan fingerprint density at radius 1 is 1.00 bits per heavy atom. The molecule has 148 valence electrons. The van der Waals surface area contributed by atoms with E-state index >= 15 is 0 Å². The van der Waals surface area contributed by atoms with Crippen molar-refractivity contribution in [2.75, 3.05) is 6.54 Å². The standard InChI is InChI=1S/C16H18N2O8S.Na.H/c19-12-5-6-13(20)17(12)9-10-1-3-11(4-2-10)16(23)26-27(24,25)18-14(21)7-8-15(18)22;;/h5-6,10-11H,1-4,7-9H2;;/q;+1;-1. The minimum atomic E-state index is -4.77. The van der Waals surface area contributed by atoms with Crippen LogP contribution < -0.4 is 29.6 Å². The molecule has 0 unspecified atom stereocenters. The summed E-state index contributed by atoms with van der Waals surface area (Å²) in [5.74, 6) is -4.24. The summed E-state index contributed by atoms with van der Waals surface area (Å²) in [6.07, 6.45) is 3.62. The molecule has 0 aromatic heterocycles. The maximum atomic E-state index is 12.2. The van der Waals surface area contributed by atoms with E-state index in [9.17, 15) is 32.4 Å². The largest absolute Gasteiger partial charge is 1.00 e. The van der Waals surface area contributed by atoms with Gasteiger partial charge in [-0.2, -0.15) is 8.42 Å². The maximum absolute atomic E-state index is 12.2. The zero-order valence-electron chi connectivity index (χ0n) is 16.3. The molecule has 0 N–H and O–H groups in total. The van der Waals surface area contributed by atoms with Crippen molar-refractivity contribution in [3.8, 4) is 0 Å². The number of amides is 4. The van der Waals surface area contributed by atoms with E-state index in [2.05, 4.69) is 4.18 Å². The molecule has 0 atom stereocenters. The average molecular weight is 422 g/mol. The van der Waals surface area contributed by atoms with Crippen LogP contribution in [0.3, 0.4) is 0 Å². The van der Waals surface area contributed by atoms with Crippen LogP contribution in [0, 0.1) is 11.8 Å². The molecule has 3 rings (SSSR count). The van der Waals surface area contributed by atoms with Gasteiger partial charge in [0.1, 0.15) is 0 Å². The Balaban J connectivity index is 0.00000210. The van der Waals surface area contributed by atoms with Crippen LogP contribution in [-0.2, 0) is 38.5 Å². The minimum Gasteiger partial charge on any atom is -1.00 e. The third-order valence-electron chi connectivity index (χ3n) is 4.94. The van der Waals surface area contributed by atoms with E-state index in [1.165, 1.54) is 12.2 Å². The van der Waals surface area contributed by atoms with Gasteiger partial charge in [-0.25, -0.2) is 0 Å². The number of hydrogen-bond acceptors (Lipinski definition) is 8. The summed E-state index contributed by atoms with van der Waals surface area (Å²) in [4.78, 5) is 59.5. The van der Waals surface area contributed by atoms with Gasteiger partial charge in [0.15, 0.2) is 0 Å². The molecule has 1 aliphatic carbocycles. The van der Waals surface area contributed by atoms with Gasteiger partial charge in [0, 0.05) is 31.5 Å². The van der Waals surface area contributed by atoms with Crippen molar-refractivity contribution in [1.82, 2.24) is 9.21 Å². The monoisotopic (exact) mass is 422 g/mol. The summed E-state index contributed by atoms with van der Waals surface area (Å²) in [6, 6.07) is 0. The zero-order chi connectivity index (χ0) is 19.8. The van der Waals surface area contributed by atoms with E-state index < -0.39 is 34.0 Å². The molecule has 2 fully saturated rings. The maximum Gasteiger partial charge on any atom is 1.00 e. The van der Waals surface area contributed by atoms with Gasteiger partial charge >= 0.3 is 45.8 Å². The van der Waals surface area contributed by atoms with E-state index in [4.69, 9.17) is 0 Å². The van der Waals surface area contributed by atoms with Gasteiger partial charge in [-0.3, -0.25) is 28.9 Å². The van der Waals surface area contributed by atoms with Crippen molar-refractivity contribution in [3.63, 3.8) is 0 Å². The molecule has 4 amide bonds. The van der Waals surface area contributed by atoms with E-state index in [0.29, 0.717) is 25.7 Å². The third-order valence-corrected chi connectivity index (χ3v) is 6.17. The van der Waals surface area contributed by atoms with Crippen LogP contribution >= 0.6 is 0 Å². The van der Waals surface area contributed by atoms with E-state index in [1.807, 2.05) is 0 Å². The Morgan fingerprint density at radius 2 is 1.50 bits per heavy atom. The van der Waals surface area contributed by atoms with Crippen LogP contribution in [-0.4, -0.2) is 53.8 Å². The number of hydrogen-bond donors (Lipinski definition) is 0. The molecule has 3 aliphatic rings. The van der Waals surface area contributed by atoms with E-state index in [0.717, 1.165) is 4.90 Å². The predicted molar refractivity (Wildman–Crippen MR) is 88.5 cm³/mol. The molecule has 0 aromatic carbocycles. The third kappa shape index (κ3) is 4.70. The van der Waals surface area contributed by atoms with Crippen LogP contribution in [0.1, 0.15) is 40.0 Å². The Kier molecular flexibility index (Phi) is 7.18. The summed E-state index contributed by atoms with van der Waals surface area (Å²) in [5.41, 5.74) is 0. The molecule has 12 heteroatoms. The first-order chi connectivity index (χ1) is 12.7. The second-order valence-corrected chi connectivity index (χ2v) is 8.14. The molecule has 28 heavy (non-hydrogen) atoms. The fraction of sp³-hybridized carbons (Fsp3) is 0.562. The number of carbonyl (C=O) groups is 5. The van der Waals surface area contributed by atoms with Gasteiger partial charge in [0.2, 0.25) is 11.8 Å². The molecular formula is C16H19N2NaO8S. The summed E-state index contributed by atoms with van der Waals surface area (Å²) in [5, 5.41) is 0. The van der Waals surface area contributed by atoms with E-state index in [1.54, 1.807) is 0 Å². The molecule has 1 saturated heterocycles. The van der Waals surface area contributed by atoms with Crippen molar-refractivity contribution in [1.29, 1.82) is 0 Å². The van der Waals surface area contributed by atoms with Gasteiger partial charge in [-0.1, -0.05) is 0 Å². The number of imide groups is 2. The van der Waals surface area contributed by atoms with Crippen LogP contribution in [0.25, 0.3) is 0 Å². The van der Waals surface area contributed by atoms with Crippen LogP contribution in [0.2, 0.25) is 0 Å². The number of carbonyl (C=O) groups excluding carboxylic acids is 5. The number of rotatable bonds is 5. The van der Waals surface area contributed by atoms with Gasteiger partial charge < -0.3 is 5.61 Å². The molecular weight excluding hydrogens is 403 g/mol. The zero-order valence-corrected chi connectivity index (χ0v) is 18.1.